The van der Waals surface area contributed by atoms with Crippen molar-refractivity contribution in [2.75, 3.05) is 0 Å². The van der Waals surface area contributed by atoms with Crippen LogP contribution in [0.5, 0.6) is 0 Å². The average Bonchev–Trinajstić information content (AvgIpc) is 2.14. The minimum atomic E-state index is -0.138. The van der Waals surface area contributed by atoms with Crippen LogP contribution in [0, 0.1) is 11.8 Å². The first-order chi connectivity index (χ1) is 6.57. The third-order valence-corrected chi connectivity index (χ3v) is 3.23. The minimum absolute atomic E-state index is 0.138. The number of hydrogen-bond acceptors (Lipinski definition) is 1. The summed E-state index contributed by atoms with van der Waals surface area (Å²) in [5, 5.41) is 9.33. The van der Waals surface area contributed by atoms with Crippen LogP contribution >= 0.6 is 0 Å². The molecule has 0 heterocycles. The predicted molar refractivity (Wildman–Crippen MR) is 63.4 cm³/mol. The molecule has 0 radical (unpaired) electrons. The largest absolute Gasteiger partial charge is 0.393 e. The predicted octanol–water partition coefficient (Wildman–Crippen LogP) is 4.00. The molecule has 1 nitrogen and oxygen atoms in total. The molecule has 14 heavy (non-hydrogen) atoms. The lowest BCUT2D eigenvalue weighted by molar-refractivity contribution is 0.127. The van der Waals surface area contributed by atoms with Gasteiger partial charge < -0.3 is 5.11 Å². The molecule has 0 saturated heterocycles. The van der Waals surface area contributed by atoms with Crippen molar-refractivity contribution in [3.63, 3.8) is 0 Å². The van der Waals surface area contributed by atoms with E-state index in [0.29, 0.717) is 5.92 Å². The molecule has 0 fully saturated rings. The van der Waals surface area contributed by atoms with E-state index in [-0.39, 0.29) is 6.10 Å². The summed E-state index contributed by atoms with van der Waals surface area (Å²) in [4.78, 5) is 0. The van der Waals surface area contributed by atoms with Crippen LogP contribution in [0.2, 0.25) is 0 Å². The van der Waals surface area contributed by atoms with Crippen molar-refractivity contribution in [2.45, 2.75) is 72.3 Å². The molecule has 0 spiro atoms. The van der Waals surface area contributed by atoms with Crippen LogP contribution in [0.3, 0.4) is 0 Å². The summed E-state index contributed by atoms with van der Waals surface area (Å²) >= 11 is 0. The summed E-state index contributed by atoms with van der Waals surface area (Å²) in [6.45, 7) is 8.64. The standard InChI is InChI=1S/C13H28O/c1-5-6-8-11(2)9-7-10-12(3)13(4)14/h11-14H,5-10H2,1-4H3. The van der Waals surface area contributed by atoms with Crippen molar-refractivity contribution in [1.82, 2.24) is 0 Å². The first-order valence-electron chi connectivity index (χ1n) is 6.26. The first-order valence-corrected chi connectivity index (χ1v) is 6.26. The lowest BCUT2D eigenvalue weighted by atomic mass is 9.93. The molecule has 0 saturated carbocycles. The van der Waals surface area contributed by atoms with Gasteiger partial charge in [0.25, 0.3) is 0 Å². The fraction of sp³-hybridized carbons (Fsp3) is 1.00. The van der Waals surface area contributed by atoms with E-state index in [0.717, 1.165) is 5.92 Å². The van der Waals surface area contributed by atoms with E-state index in [9.17, 15) is 5.11 Å². The Balaban J connectivity index is 3.34. The molecule has 0 aliphatic carbocycles. The van der Waals surface area contributed by atoms with Gasteiger partial charge in [-0.15, -0.1) is 0 Å². The van der Waals surface area contributed by atoms with Crippen LogP contribution in [-0.4, -0.2) is 11.2 Å². The Hall–Kier alpha value is -0.0400. The van der Waals surface area contributed by atoms with Crippen LogP contribution in [0.1, 0.15) is 66.2 Å². The van der Waals surface area contributed by atoms with Crippen LogP contribution in [0.25, 0.3) is 0 Å². The molecule has 0 rings (SSSR count). The van der Waals surface area contributed by atoms with Gasteiger partial charge >= 0.3 is 0 Å². The molecular formula is C13H28O. The zero-order valence-electron chi connectivity index (χ0n) is 10.4. The van der Waals surface area contributed by atoms with Crippen LogP contribution in [0.15, 0.2) is 0 Å². The van der Waals surface area contributed by atoms with Crippen molar-refractivity contribution in [2.24, 2.45) is 11.8 Å². The maximum atomic E-state index is 9.33. The molecule has 0 amide bonds. The second kappa shape index (κ2) is 8.28. The summed E-state index contributed by atoms with van der Waals surface area (Å²) in [6, 6.07) is 0. The maximum absolute atomic E-state index is 9.33. The Morgan fingerprint density at radius 3 is 2.00 bits per heavy atom. The lowest BCUT2D eigenvalue weighted by Crippen LogP contribution is -2.13. The Kier molecular flexibility index (Phi) is 8.26. The van der Waals surface area contributed by atoms with Gasteiger partial charge in [-0.25, -0.2) is 0 Å². The molecule has 3 unspecified atom stereocenters. The number of aliphatic hydroxyl groups is 1. The molecule has 3 atom stereocenters. The minimum Gasteiger partial charge on any atom is -0.393 e. The van der Waals surface area contributed by atoms with E-state index in [2.05, 4.69) is 20.8 Å². The van der Waals surface area contributed by atoms with Gasteiger partial charge in [-0.05, 0) is 25.2 Å². The summed E-state index contributed by atoms with van der Waals surface area (Å²) in [7, 11) is 0. The van der Waals surface area contributed by atoms with Gasteiger partial charge in [0.05, 0.1) is 6.10 Å². The van der Waals surface area contributed by atoms with E-state index in [4.69, 9.17) is 0 Å². The highest BCUT2D eigenvalue weighted by atomic mass is 16.3. The molecular weight excluding hydrogens is 172 g/mol. The zero-order valence-corrected chi connectivity index (χ0v) is 10.4. The first kappa shape index (κ1) is 14.0. The Morgan fingerprint density at radius 1 is 0.929 bits per heavy atom. The van der Waals surface area contributed by atoms with Crippen molar-refractivity contribution in [3.05, 3.63) is 0 Å². The van der Waals surface area contributed by atoms with Gasteiger partial charge in [0.1, 0.15) is 0 Å². The smallest absolute Gasteiger partial charge is 0.0537 e. The second-order valence-electron chi connectivity index (χ2n) is 4.90. The molecule has 0 bridgehead atoms. The highest BCUT2D eigenvalue weighted by Gasteiger charge is 2.09. The lowest BCUT2D eigenvalue weighted by Gasteiger charge is -2.16. The summed E-state index contributed by atoms with van der Waals surface area (Å²) in [5.74, 6) is 1.34. The van der Waals surface area contributed by atoms with E-state index in [1.807, 2.05) is 6.92 Å². The zero-order chi connectivity index (χ0) is 11.0. The molecule has 0 aliphatic rings. The van der Waals surface area contributed by atoms with Gasteiger partial charge in [-0.2, -0.15) is 0 Å². The summed E-state index contributed by atoms with van der Waals surface area (Å²) < 4.78 is 0. The number of rotatable bonds is 8. The van der Waals surface area contributed by atoms with Gasteiger partial charge in [0.2, 0.25) is 0 Å². The Morgan fingerprint density at radius 2 is 1.50 bits per heavy atom. The highest BCUT2D eigenvalue weighted by molar-refractivity contribution is 4.61. The van der Waals surface area contributed by atoms with Crippen molar-refractivity contribution >= 4 is 0 Å². The monoisotopic (exact) mass is 200 g/mol. The molecule has 1 heteroatoms. The maximum Gasteiger partial charge on any atom is 0.0537 e. The average molecular weight is 200 g/mol. The second-order valence-corrected chi connectivity index (χ2v) is 4.90. The van der Waals surface area contributed by atoms with E-state index in [1.54, 1.807) is 0 Å². The van der Waals surface area contributed by atoms with Gasteiger partial charge in [0.15, 0.2) is 0 Å². The Bertz CT molecular complexity index is 120. The fourth-order valence-electron chi connectivity index (χ4n) is 1.73. The third kappa shape index (κ3) is 7.37. The summed E-state index contributed by atoms with van der Waals surface area (Å²) in [5.41, 5.74) is 0. The molecule has 0 aliphatic heterocycles. The summed E-state index contributed by atoms with van der Waals surface area (Å²) in [6.07, 6.45) is 7.70. The number of aliphatic hydroxyl groups excluding tert-OH is 1. The molecule has 1 N–H and O–H groups in total. The quantitative estimate of drug-likeness (QED) is 0.628. The van der Waals surface area contributed by atoms with Gasteiger partial charge in [0, 0.05) is 0 Å². The van der Waals surface area contributed by atoms with Crippen LogP contribution in [-0.2, 0) is 0 Å². The van der Waals surface area contributed by atoms with E-state index >= 15 is 0 Å². The number of unbranched alkanes of at least 4 members (excludes halogenated alkanes) is 1. The third-order valence-electron chi connectivity index (χ3n) is 3.23. The Labute approximate surface area is 89.9 Å². The molecule has 0 aromatic rings. The normalized spacial score (nSPS) is 17.8. The van der Waals surface area contributed by atoms with Crippen LogP contribution in [0.4, 0.5) is 0 Å². The van der Waals surface area contributed by atoms with E-state index < -0.39 is 0 Å². The van der Waals surface area contributed by atoms with Gasteiger partial charge in [-0.3, -0.25) is 0 Å². The van der Waals surface area contributed by atoms with Crippen molar-refractivity contribution < 1.29 is 5.11 Å². The van der Waals surface area contributed by atoms with Gasteiger partial charge in [-0.1, -0.05) is 52.9 Å². The SMILES string of the molecule is CCCCC(C)CCCC(C)C(C)O. The van der Waals surface area contributed by atoms with E-state index in [1.165, 1.54) is 38.5 Å². The van der Waals surface area contributed by atoms with Crippen LogP contribution < -0.4 is 0 Å². The fourth-order valence-corrected chi connectivity index (χ4v) is 1.73. The van der Waals surface area contributed by atoms with Crippen molar-refractivity contribution in [3.8, 4) is 0 Å². The number of hydrogen-bond donors (Lipinski definition) is 1. The molecule has 0 aromatic carbocycles. The highest BCUT2D eigenvalue weighted by Crippen LogP contribution is 2.18. The molecule has 0 aromatic heterocycles. The molecule has 86 valence electrons. The van der Waals surface area contributed by atoms with Crippen molar-refractivity contribution in [1.29, 1.82) is 0 Å². The topological polar surface area (TPSA) is 20.2 Å².